The molecular formula is C15H20N2O2S. The first-order chi connectivity index (χ1) is 9.58. The fourth-order valence-electron chi connectivity index (χ4n) is 3.00. The first kappa shape index (κ1) is 13.6. The first-order valence-electron chi connectivity index (χ1n) is 7.17. The molecule has 4 nitrogen and oxygen atoms in total. The Kier molecular flexibility index (Phi) is 3.56. The summed E-state index contributed by atoms with van der Waals surface area (Å²) in [6, 6.07) is 7.69. The van der Waals surface area contributed by atoms with E-state index in [1.165, 1.54) is 10.4 Å². The largest absolute Gasteiger partial charge is 0.305 e. The van der Waals surface area contributed by atoms with Gasteiger partial charge >= 0.3 is 10.2 Å². The molecular weight excluding hydrogens is 272 g/mol. The summed E-state index contributed by atoms with van der Waals surface area (Å²) < 4.78 is 29.4. The normalized spacial score (nSPS) is 17.6. The number of para-hydroxylation sites is 1. The molecule has 1 N–H and O–H groups in total. The minimum atomic E-state index is -3.50. The smallest absolute Gasteiger partial charge is 0.232 e. The summed E-state index contributed by atoms with van der Waals surface area (Å²) in [6.45, 7) is 1.94. The molecule has 0 aliphatic heterocycles. The molecule has 0 spiro atoms. The van der Waals surface area contributed by atoms with Crippen molar-refractivity contribution in [3.05, 3.63) is 36.0 Å². The van der Waals surface area contributed by atoms with Gasteiger partial charge in [-0.1, -0.05) is 37.5 Å². The molecule has 1 aromatic carbocycles. The molecule has 1 aliphatic rings. The zero-order chi connectivity index (χ0) is 14.2. The van der Waals surface area contributed by atoms with Crippen LogP contribution in [0.4, 0.5) is 0 Å². The van der Waals surface area contributed by atoms with Crippen LogP contribution in [0, 0.1) is 6.92 Å². The lowest BCUT2D eigenvalue weighted by molar-refractivity contribution is 0.411. The van der Waals surface area contributed by atoms with Crippen molar-refractivity contribution in [2.45, 2.75) is 45.1 Å². The average Bonchev–Trinajstić information content (AvgIpc) is 2.78. The molecule has 2 aromatic rings. The summed E-state index contributed by atoms with van der Waals surface area (Å²) in [4.78, 5) is 0. The predicted octanol–water partition coefficient (Wildman–Crippen LogP) is 2.96. The fraction of sp³-hybridized carbons (Fsp3) is 0.467. The molecule has 0 bridgehead atoms. The highest BCUT2D eigenvalue weighted by molar-refractivity contribution is 7.88. The Morgan fingerprint density at radius 3 is 2.60 bits per heavy atom. The van der Waals surface area contributed by atoms with Crippen molar-refractivity contribution in [1.29, 1.82) is 0 Å². The first-order valence-corrected chi connectivity index (χ1v) is 8.61. The van der Waals surface area contributed by atoms with E-state index in [0.29, 0.717) is 0 Å². The number of rotatable bonds is 3. The molecule has 0 unspecified atom stereocenters. The van der Waals surface area contributed by atoms with Gasteiger partial charge in [0.1, 0.15) is 0 Å². The second-order valence-electron chi connectivity index (χ2n) is 5.58. The fourth-order valence-corrected chi connectivity index (χ4v) is 4.49. The molecule has 1 fully saturated rings. The molecule has 108 valence electrons. The highest BCUT2D eigenvalue weighted by atomic mass is 32.2. The maximum Gasteiger partial charge on any atom is 0.305 e. The van der Waals surface area contributed by atoms with E-state index in [1.54, 1.807) is 6.20 Å². The van der Waals surface area contributed by atoms with Crippen LogP contribution >= 0.6 is 0 Å². The van der Waals surface area contributed by atoms with Gasteiger partial charge < -0.3 is 0 Å². The minimum Gasteiger partial charge on any atom is -0.232 e. The Bertz CT molecular complexity index is 713. The third-order valence-electron chi connectivity index (χ3n) is 4.06. The second kappa shape index (κ2) is 5.22. The summed E-state index contributed by atoms with van der Waals surface area (Å²) in [5, 5.41) is 0.988. The van der Waals surface area contributed by atoms with Crippen LogP contribution in [0.5, 0.6) is 0 Å². The van der Waals surface area contributed by atoms with Crippen LogP contribution in [0.2, 0.25) is 0 Å². The van der Waals surface area contributed by atoms with Crippen LogP contribution in [0.25, 0.3) is 10.9 Å². The average molecular weight is 292 g/mol. The minimum absolute atomic E-state index is 0.0789. The van der Waals surface area contributed by atoms with E-state index in [9.17, 15) is 8.42 Å². The van der Waals surface area contributed by atoms with Gasteiger partial charge in [-0.05, 0) is 31.4 Å². The van der Waals surface area contributed by atoms with Gasteiger partial charge in [0, 0.05) is 17.6 Å². The van der Waals surface area contributed by atoms with Crippen molar-refractivity contribution in [3.63, 3.8) is 0 Å². The van der Waals surface area contributed by atoms with Gasteiger partial charge in [0.05, 0.1) is 5.52 Å². The lowest BCUT2D eigenvalue weighted by Crippen LogP contribution is -2.39. The lowest BCUT2D eigenvalue weighted by atomic mass is 9.96. The van der Waals surface area contributed by atoms with Gasteiger partial charge in [-0.25, -0.2) is 3.97 Å². The number of nitrogens with zero attached hydrogens (tertiary/aromatic N) is 1. The molecule has 1 saturated carbocycles. The van der Waals surface area contributed by atoms with E-state index in [4.69, 9.17) is 0 Å². The number of hydrogen-bond acceptors (Lipinski definition) is 2. The monoisotopic (exact) mass is 292 g/mol. The summed E-state index contributed by atoms with van der Waals surface area (Å²) in [7, 11) is -3.50. The second-order valence-corrected chi connectivity index (χ2v) is 7.16. The van der Waals surface area contributed by atoms with E-state index >= 15 is 0 Å². The Morgan fingerprint density at radius 2 is 1.85 bits per heavy atom. The van der Waals surface area contributed by atoms with Gasteiger partial charge in [-0.3, -0.25) is 0 Å². The third kappa shape index (κ3) is 2.47. The van der Waals surface area contributed by atoms with Crippen LogP contribution in [0.15, 0.2) is 30.5 Å². The van der Waals surface area contributed by atoms with Crippen LogP contribution < -0.4 is 4.72 Å². The Morgan fingerprint density at radius 1 is 1.15 bits per heavy atom. The van der Waals surface area contributed by atoms with Gasteiger partial charge in [0.2, 0.25) is 0 Å². The molecule has 0 radical (unpaired) electrons. The van der Waals surface area contributed by atoms with Crippen LogP contribution in [0.1, 0.15) is 37.7 Å². The van der Waals surface area contributed by atoms with E-state index in [2.05, 4.69) is 4.72 Å². The van der Waals surface area contributed by atoms with Gasteiger partial charge in [-0.15, -0.1) is 0 Å². The summed E-state index contributed by atoms with van der Waals surface area (Å²) in [5.41, 5.74) is 1.72. The number of nitrogens with one attached hydrogen (secondary N) is 1. The lowest BCUT2D eigenvalue weighted by Gasteiger charge is -2.23. The highest BCUT2D eigenvalue weighted by Crippen LogP contribution is 2.23. The molecule has 1 heterocycles. The number of hydrogen-bond donors (Lipinski definition) is 1. The highest BCUT2D eigenvalue weighted by Gasteiger charge is 2.23. The van der Waals surface area contributed by atoms with Crippen molar-refractivity contribution in [1.82, 2.24) is 8.69 Å². The molecule has 0 amide bonds. The van der Waals surface area contributed by atoms with E-state index < -0.39 is 10.2 Å². The van der Waals surface area contributed by atoms with Crippen molar-refractivity contribution in [2.75, 3.05) is 0 Å². The van der Waals surface area contributed by atoms with Gasteiger partial charge in [0.15, 0.2) is 0 Å². The predicted molar refractivity (Wildman–Crippen MR) is 81.0 cm³/mol. The number of benzene rings is 1. The zero-order valence-corrected chi connectivity index (χ0v) is 12.5. The van der Waals surface area contributed by atoms with Crippen molar-refractivity contribution in [2.24, 2.45) is 0 Å². The summed E-state index contributed by atoms with van der Waals surface area (Å²) in [6.07, 6.45) is 7.02. The van der Waals surface area contributed by atoms with Crippen LogP contribution in [-0.2, 0) is 10.2 Å². The van der Waals surface area contributed by atoms with E-state index in [0.717, 1.165) is 42.1 Å². The SMILES string of the molecule is Cc1cn(S(=O)(=O)NC2CCCCC2)c2ccccc12. The Labute approximate surface area is 120 Å². The maximum absolute atomic E-state index is 12.6. The molecule has 5 heteroatoms. The molecule has 20 heavy (non-hydrogen) atoms. The van der Waals surface area contributed by atoms with Crippen molar-refractivity contribution < 1.29 is 8.42 Å². The van der Waals surface area contributed by atoms with E-state index in [1.807, 2.05) is 31.2 Å². The Balaban J connectivity index is 1.96. The van der Waals surface area contributed by atoms with Crippen LogP contribution in [0.3, 0.4) is 0 Å². The maximum atomic E-state index is 12.6. The molecule has 1 aliphatic carbocycles. The van der Waals surface area contributed by atoms with Crippen molar-refractivity contribution >= 4 is 21.1 Å². The van der Waals surface area contributed by atoms with Crippen molar-refractivity contribution in [3.8, 4) is 0 Å². The van der Waals surface area contributed by atoms with Crippen LogP contribution in [-0.4, -0.2) is 18.4 Å². The number of fused-ring (bicyclic) bond motifs is 1. The molecule has 1 aromatic heterocycles. The molecule has 0 atom stereocenters. The zero-order valence-electron chi connectivity index (χ0n) is 11.7. The topological polar surface area (TPSA) is 51.1 Å². The number of aryl methyl sites for hydroxylation is 1. The Hall–Kier alpha value is -1.33. The van der Waals surface area contributed by atoms with Gasteiger partial charge in [0.25, 0.3) is 0 Å². The number of aromatic nitrogens is 1. The standard InChI is InChI=1S/C15H20N2O2S/c1-12-11-17(15-10-6-5-9-14(12)15)20(18,19)16-13-7-3-2-4-8-13/h5-6,9-11,13,16H,2-4,7-8H2,1H3. The summed E-state index contributed by atoms with van der Waals surface area (Å²) >= 11 is 0. The quantitative estimate of drug-likeness (QED) is 0.945. The molecule has 0 saturated heterocycles. The van der Waals surface area contributed by atoms with Gasteiger partial charge in [-0.2, -0.15) is 13.1 Å². The van der Waals surface area contributed by atoms with E-state index in [-0.39, 0.29) is 6.04 Å². The third-order valence-corrected chi connectivity index (χ3v) is 5.51. The summed E-state index contributed by atoms with van der Waals surface area (Å²) in [5.74, 6) is 0. The molecule has 3 rings (SSSR count).